The maximum absolute atomic E-state index is 13.6. The van der Waals surface area contributed by atoms with Gasteiger partial charge in [-0.2, -0.15) is 0 Å². The minimum atomic E-state index is -2.01. The Labute approximate surface area is 246 Å². The first-order chi connectivity index (χ1) is 18.9. The van der Waals surface area contributed by atoms with Crippen LogP contribution in [0.1, 0.15) is 65.7 Å². The summed E-state index contributed by atoms with van der Waals surface area (Å²) in [5, 5.41) is 11.2. The van der Waals surface area contributed by atoms with Gasteiger partial charge in [0.05, 0.1) is 24.0 Å². The first-order valence-corrected chi connectivity index (χ1v) is 18.2. The molecular weight excluding hydrogens is 537 g/mol. The van der Waals surface area contributed by atoms with Crippen LogP contribution in [0.4, 0.5) is 0 Å². The molecule has 0 heterocycles. The zero-order valence-electron chi connectivity index (χ0n) is 24.9. The number of Topliss-reactive ketones (excluding diaryl/α,β-unsaturated/α-hetero) is 1. The van der Waals surface area contributed by atoms with Crippen LogP contribution in [-0.2, 0) is 18.8 Å². The van der Waals surface area contributed by atoms with Gasteiger partial charge in [-0.3, -0.25) is 9.59 Å². The van der Waals surface area contributed by atoms with Gasteiger partial charge in [0.2, 0.25) is 0 Å². The van der Waals surface area contributed by atoms with Crippen LogP contribution in [0.15, 0.2) is 58.4 Å². The van der Waals surface area contributed by atoms with E-state index in [4.69, 9.17) is 4.43 Å². The molecule has 1 saturated carbocycles. The van der Waals surface area contributed by atoms with Gasteiger partial charge in [-0.25, -0.2) is 0 Å². The zero-order valence-corrected chi connectivity index (χ0v) is 26.8. The molecule has 4 atom stereocenters. The standard InChI is InChI=1S/C33H46O5SSi/c1-33(2,3)40(5,6)38-28(24-15-13-14-16-24)22-21-25-23-29(39-26-17-9-7-10-18-26)32(36)31(25)27(34)19-11-8-12-20-30(35)37-4/h7,9-10,17-18,21-25,27-28,31,34H,8,12-16,20H2,1-6H3. The van der Waals surface area contributed by atoms with Crippen molar-refractivity contribution in [3.05, 3.63) is 53.5 Å². The monoisotopic (exact) mass is 582 g/mol. The summed E-state index contributed by atoms with van der Waals surface area (Å²) in [6.07, 6.45) is 11.2. The SMILES string of the molecule is COC(=O)CCCC#CC(O)C1C(=O)C(Sc2ccccc2)=CC1C=CC(O[Si](C)(C)C(C)(C)C)C1CCCC1. The maximum atomic E-state index is 13.6. The van der Waals surface area contributed by atoms with Crippen molar-refractivity contribution < 1.29 is 23.9 Å². The van der Waals surface area contributed by atoms with E-state index in [2.05, 4.69) is 62.6 Å². The third kappa shape index (κ3) is 8.94. The summed E-state index contributed by atoms with van der Waals surface area (Å²) in [6.45, 7) is 11.4. The fourth-order valence-electron chi connectivity index (χ4n) is 4.95. The van der Waals surface area contributed by atoms with Gasteiger partial charge in [0, 0.05) is 23.7 Å². The lowest BCUT2D eigenvalue weighted by atomic mass is 9.88. The van der Waals surface area contributed by atoms with Crippen molar-refractivity contribution >= 4 is 31.8 Å². The number of rotatable bonds is 11. The van der Waals surface area contributed by atoms with Crippen LogP contribution < -0.4 is 0 Å². The number of benzene rings is 1. The Morgan fingerprint density at radius 1 is 1.20 bits per heavy atom. The third-order valence-electron chi connectivity index (χ3n) is 8.40. The highest BCUT2D eigenvalue weighted by molar-refractivity contribution is 8.04. The highest BCUT2D eigenvalue weighted by Gasteiger charge is 2.42. The molecule has 4 unspecified atom stereocenters. The molecule has 0 saturated heterocycles. The van der Waals surface area contributed by atoms with Crippen molar-refractivity contribution in [1.82, 2.24) is 0 Å². The third-order valence-corrected chi connectivity index (χ3v) is 13.9. The van der Waals surface area contributed by atoms with Gasteiger partial charge in [0.15, 0.2) is 14.1 Å². The van der Waals surface area contributed by atoms with E-state index in [0.717, 1.165) is 17.7 Å². The molecule has 0 aliphatic heterocycles. The molecule has 0 radical (unpaired) electrons. The van der Waals surface area contributed by atoms with Crippen molar-refractivity contribution in [1.29, 1.82) is 0 Å². The number of unbranched alkanes of at least 4 members (excludes halogenated alkanes) is 1. The lowest BCUT2D eigenvalue weighted by molar-refractivity contribution is -0.140. The Balaban J connectivity index is 1.84. The summed E-state index contributed by atoms with van der Waals surface area (Å²) >= 11 is 1.44. The van der Waals surface area contributed by atoms with Gasteiger partial charge in [0.25, 0.3) is 0 Å². The van der Waals surface area contributed by atoms with Gasteiger partial charge in [-0.05, 0) is 55.4 Å². The average Bonchev–Trinajstić information content (AvgIpc) is 3.54. The van der Waals surface area contributed by atoms with Crippen molar-refractivity contribution in [3.8, 4) is 11.8 Å². The van der Waals surface area contributed by atoms with Crippen molar-refractivity contribution in [3.63, 3.8) is 0 Å². The van der Waals surface area contributed by atoms with E-state index in [-0.39, 0.29) is 35.2 Å². The quantitative estimate of drug-likeness (QED) is 0.0969. The van der Waals surface area contributed by atoms with E-state index in [9.17, 15) is 14.7 Å². The molecule has 3 rings (SSSR count). The van der Waals surface area contributed by atoms with Crippen LogP contribution in [0, 0.1) is 29.6 Å². The maximum Gasteiger partial charge on any atom is 0.305 e. The van der Waals surface area contributed by atoms with Gasteiger partial charge < -0.3 is 14.3 Å². The van der Waals surface area contributed by atoms with E-state index in [1.165, 1.54) is 31.7 Å². The van der Waals surface area contributed by atoms with Crippen molar-refractivity contribution in [2.24, 2.45) is 17.8 Å². The fraction of sp³-hybridized carbons (Fsp3) is 0.576. The normalized spacial score (nSPS) is 21.7. The number of aliphatic hydroxyl groups is 1. The minimum absolute atomic E-state index is 0.0000753. The first-order valence-electron chi connectivity index (χ1n) is 14.5. The second kappa shape index (κ2) is 14.7. The predicted octanol–water partition coefficient (Wildman–Crippen LogP) is 7.32. The number of ketones is 1. The molecule has 1 aromatic carbocycles. The number of esters is 1. The number of ether oxygens (including phenoxy) is 1. The second-order valence-corrected chi connectivity index (χ2v) is 18.3. The molecular formula is C33H46O5SSi. The number of methoxy groups -OCH3 is 1. The van der Waals surface area contributed by atoms with E-state index in [1.54, 1.807) is 0 Å². The Bertz CT molecular complexity index is 1120. The van der Waals surface area contributed by atoms with Crippen LogP contribution in [0.25, 0.3) is 0 Å². The Kier molecular flexibility index (Phi) is 11.9. The van der Waals surface area contributed by atoms with Crippen LogP contribution in [0.5, 0.6) is 0 Å². The molecule has 7 heteroatoms. The summed E-state index contributed by atoms with van der Waals surface area (Å²) in [5.74, 6) is 5.04. The Morgan fingerprint density at radius 3 is 2.50 bits per heavy atom. The molecule has 2 aliphatic rings. The fourth-order valence-corrected chi connectivity index (χ4v) is 7.27. The van der Waals surface area contributed by atoms with Crippen LogP contribution in [-0.4, -0.2) is 44.5 Å². The molecule has 0 amide bonds. The number of allylic oxidation sites excluding steroid dienone is 3. The molecule has 0 aromatic heterocycles. The molecule has 40 heavy (non-hydrogen) atoms. The Morgan fingerprint density at radius 2 is 1.88 bits per heavy atom. The number of hydrogen-bond acceptors (Lipinski definition) is 6. The molecule has 0 spiro atoms. The molecule has 218 valence electrons. The van der Waals surface area contributed by atoms with Crippen molar-refractivity contribution in [2.75, 3.05) is 7.11 Å². The van der Waals surface area contributed by atoms with E-state index < -0.39 is 20.3 Å². The molecule has 0 bridgehead atoms. The molecule has 1 N–H and O–H groups in total. The Hall–Kier alpha value is -2.11. The number of carbonyl (C=O) groups is 2. The van der Waals surface area contributed by atoms with Gasteiger partial charge >= 0.3 is 5.97 Å². The number of hydrogen-bond donors (Lipinski definition) is 1. The molecule has 1 fully saturated rings. The van der Waals surface area contributed by atoms with E-state index in [0.29, 0.717) is 23.7 Å². The number of aliphatic hydroxyl groups excluding tert-OH is 1. The van der Waals surface area contributed by atoms with Crippen LogP contribution in [0.2, 0.25) is 18.1 Å². The average molecular weight is 583 g/mol. The van der Waals surface area contributed by atoms with Gasteiger partial charge in [0.1, 0.15) is 6.10 Å². The smallest absolute Gasteiger partial charge is 0.305 e. The summed E-state index contributed by atoms with van der Waals surface area (Å²) in [4.78, 5) is 26.6. The summed E-state index contributed by atoms with van der Waals surface area (Å²) in [5.41, 5.74) is 0. The largest absolute Gasteiger partial charge is 0.469 e. The zero-order chi connectivity index (χ0) is 29.3. The summed E-state index contributed by atoms with van der Waals surface area (Å²) < 4.78 is 11.6. The topological polar surface area (TPSA) is 72.8 Å². The predicted molar refractivity (Wildman–Crippen MR) is 165 cm³/mol. The van der Waals surface area contributed by atoms with Gasteiger partial charge in [-0.15, -0.1) is 5.92 Å². The van der Waals surface area contributed by atoms with E-state index >= 15 is 0 Å². The number of thioether (sulfide) groups is 1. The number of carbonyl (C=O) groups excluding carboxylic acids is 2. The lowest BCUT2D eigenvalue weighted by Crippen LogP contribution is -2.45. The lowest BCUT2D eigenvalue weighted by Gasteiger charge is -2.40. The minimum Gasteiger partial charge on any atom is -0.469 e. The highest BCUT2D eigenvalue weighted by atomic mass is 32.2. The first kappa shape index (κ1) is 32.4. The van der Waals surface area contributed by atoms with Crippen LogP contribution >= 0.6 is 11.8 Å². The molecule has 5 nitrogen and oxygen atoms in total. The summed E-state index contributed by atoms with van der Waals surface area (Å²) in [6, 6.07) is 9.83. The highest BCUT2D eigenvalue weighted by Crippen LogP contribution is 2.42. The van der Waals surface area contributed by atoms with Gasteiger partial charge in [-0.1, -0.05) is 87.7 Å². The van der Waals surface area contributed by atoms with Crippen LogP contribution in [0.3, 0.4) is 0 Å². The van der Waals surface area contributed by atoms with Crippen molar-refractivity contribution in [2.45, 2.75) is 101 Å². The molecule has 1 aromatic rings. The molecule has 2 aliphatic carbocycles. The van der Waals surface area contributed by atoms with E-state index in [1.807, 2.05) is 36.4 Å². The second-order valence-electron chi connectivity index (χ2n) is 12.4. The summed E-state index contributed by atoms with van der Waals surface area (Å²) in [7, 11) is -0.643.